The fraction of sp³-hybridized carbons (Fsp3) is 0.571. The van der Waals surface area contributed by atoms with E-state index in [-0.39, 0.29) is 30.0 Å². The Morgan fingerprint density at radius 3 is 2.72 bits per heavy atom. The van der Waals surface area contributed by atoms with Crippen molar-refractivity contribution in [3.05, 3.63) is 33.0 Å². The number of sulfone groups is 1. The minimum atomic E-state index is -3.00. The molecule has 2 aliphatic rings. The first-order chi connectivity index (χ1) is 15.1. The summed E-state index contributed by atoms with van der Waals surface area (Å²) < 4.78 is 25.5. The van der Waals surface area contributed by atoms with Crippen LogP contribution in [0.4, 0.5) is 5.00 Å². The second kappa shape index (κ2) is 8.60. The number of anilines is 1. The van der Waals surface area contributed by atoms with Gasteiger partial charge in [-0.1, -0.05) is 0 Å². The van der Waals surface area contributed by atoms with Crippen LogP contribution < -0.4 is 11.1 Å². The van der Waals surface area contributed by atoms with Crippen LogP contribution in [0.2, 0.25) is 0 Å². The van der Waals surface area contributed by atoms with Gasteiger partial charge < -0.3 is 11.1 Å². The van der Waals surface area contributed by atoms with Crippen LogP contribution in [-0.4, -0.2) is 60.0 Å². The lowest BCUT2D eigenvalue weighted by atomic mass is 10.1. The van der Waals surface area contributed by atoms with Gasteiger partial charge in [-0.05, 0) is 52.1 Å². The number of nitrogens with zero attached hydrogens (tertiary/aromatic N) is 3. The molecule has 0 bridgehead atoms. The van der Waals surface area contributed by atoms with Crippen molar-refractivity contribution in [2.45, 2.75) is 52.1 Å². The third-order valence-corrected chi connectivity index (χ3v) is 9.25. The molecular weight excluding hydrogens is 450 g/mol. The van der Waals surface area contributed by atoms with Gasteiger partial charge in [-0.15, -0.1) is 11.3 Å². The van der Waals surface area contributed by atoms with Gasteiger partial charge in [0.15, 0.2) is 9.84 Å². The molecule has 2 aromatic rings. The molecule has 2 amide bonds. The highest BCUT2D eigenvalue weighted by Gasteiger charge is 2.32. The van der Waals surface area contributed by atoms with E-state index in [1.807, 2.05) is 30.5 Å². The van der Waals surface area contributed by atoms with Gasteiger partial charge in [-0.3, -0.25) is 19.2 Å². The Labute approximate surface area is 191 Å². The molecule has 2 aromatic heterocycles. The number of primary amides is 1. The number of hydrogen-bond acceptors (Lipinski definition) is 7. The molecule has 174 valence electrons. The number of amides is 2. The van der Waals surface area contributed by atoms with Crippen LogP contribution in [-0.2, 0) is 34.0 Å². The number of fused-ring (bicyclic) bond motifs is 1. The maximum atomic E-state index is 12.7. The lowest BCUT2D eigenvalue weighted by molar-refractivity contribution is -0.117. The van der Waals surface area contributed by atoms with E-state index in [4.69, 9.17) is 5.73 Å². The normalized spacial score (nSPS) is 19.4. The van der Waals surface area contributed by atoms with Crippen molar-refractivity contribution in [3.63, 3.8) is 0 Å². The molecule has 0 unspecified atom stereocenters. The minimum absolute atomic E-state index is 0.125. The Kier molecular flexibility index (Phi) is 6.17. The van der Waals surface area contributed by atoms with Gasteiger partial charge in [-0.2, -0.15) is 5.10 Å². The van der Waals surface area contributed by atoms with E-state index in [2.05, 4.69) is 10.4 Å². The molecule has 0 aromatic carbocycles. The Morgan fingerprint density at radius 1 is 1.31 bits per heavy atom. The van der Waals surface area contributed by atoms with Gasteiger partial charge in [-0.25, -0.2) is 8.42 Å². The average Bonchev–Trinajstić information content (AvgIpc) is 3.41. The number of aryl methyl sites for hydroxylation is 2. The molecule has 1 saturated heterocycles. The summed E-state index contributed by atoms with van der Waals surface area (Å²) in [5, 5.41) is 8.01. The molecule has 9 nitrogen and oxygen atoms in total. The summed E-state index contributed by atoms with van der Waals surface area (Å²) in [7, 11) is -1.15. The van der Waals surface area contributed by atoms with Gasteiger partial charge in [0.25, 0.3) is 5.91 Å². The Hall–Kier alpha value is -2.24. The zero-order valence-corrected chi connectivity index (χ0v) is 20.2. The summed E-state index contributed by atoms with van der Waals surface area (Å²) in [6.07, 6.45) is 3.33. The Balaban J connectivity index is 1.42. The quantitative estimate of drug-likeness (QED) is 0.621. The third kappa shape index (κ3) is 4.46. The summed E-state index contributed by atoms with van der Waals surface area (Å²) in [5.74, 6) is -0.384. The predicted octanol–water partition coefficient (Wildman–Crippen LogP) is 1.58. The van der Waals surface area contributed by atoms with Crippen molar-refractivity contribution in [2.75, 3.05) is 30.4 Å². The predicted molar refractivity (Wildman–Crippen MR) is 124 cm³/mol. The van der Waals surface area contributed by atoms with Crippen LogP contribution in [0.3, 0.4) is 0 Å². The van der Waals surface area contributed by atoms with Crippen molar-refractivity contribution < 1.29 is 18.0 Å². The van der Waals surface area contributed by atoms with E-state index in [1.165, 1.54) is 11.3 Å². The van der Waals surface area contributed by atoms with E-state index >= 15 is 0 Å². The summed E-state index contributed by atoms with van der Waals surface area (Å²) in [4.78, 5) is 27.6. The zero-order valence-electron chi connectivity index (χ0n) is 18.6. The second-order valence-electron chi connectivity index (χ2n) is 8.80. The maximum absolute atomic E-state index is 12.7. The summed E-state index contributed by atoms with van der Waals surface area (Å²) in [6, 6.07) is -0.131. The van der Waals surface area contributed by atoms with Crippen LogP contribution in [0, 0.1) is 13.8 Å². The Morgan fingerprint density at radius 2 is 2.06 bits per heavy atom. The van der Waals surface area contributed by atoms with Gasteiger partial charge in [0.2, 0.25) is 5.91 Å². The van der Waals surface area contributed by atoms with E-state index in [0.29, 0.717) is 23.5 Å². The number of likely N-dealkylation sites (N-methyl/N-ethyl adjacent to an activating group) is 1. The highest BCUT2D eigenvalue weighted by atomic mass is 32.2. The van der Waals surface area contributed by atoms with Crippen LogP contribution in [0.5, 0.6) is 0 Å². The fourth-order valence-corrected chi connectivity index (χ4v) is 7.74. The maximum Gasteiger partial charge on any atom is 0.251 e. The molecule has 3 N–H and O–H groups in total. The van der Waals surface area contributed by atoms with E-state index in [1.54, 1.807) is 0 Å². The van der Waals surface area contributed by atoms with Crippen LogP contribution in [0.1, 0.15) is 56.6 Å². The molecule has 32 heavy (non-hydrogen) atoms. The van der Waals surface area contributed by atoms with Crippen molar-refractivity contribution in [3.8, 4) is 0 Å². The first kappa shape index (κ1) is 22.9. The van der Waals surface area contributed by atoms with Crippen molar-refractivity contribution in [1.29, 1.82) is 0 Å². The van der Waals surface area contributed by atoms with Crippen molar-refractivity contribution in [2.24, 2.45) is 5.73 Å². The van der Waals surface area contributed by atoms with Crippen LogP contribution in [0.15, 0.2) is 0 Å². The molecule has 1 aliphatic carbocycles. The van der Waals surface area contributed by atoms with Gasteiger partial charge in [0.05, 0.1) is 35.3 Å². The number of nitrogens with two attached hydrogens (primary N) is 1. The number of aromatic nitrogens is 2. The van der Waals surface area contributed by atoms with Gasteiger partial charge in [0.1, 0.15) is 5.00 Å². The number of carbonyl (C=O) groups is 2. The number of nitrogens with one attached hydrogen (secondary N) is 1. The average molecular weight is 480 g/mol. The first-order valence-electron chi connectivity index (χ1n) is 10.7. The molecule has 1 aliphatic heterocycles. The van der Waals surface area contributed by atoms with Crippen LogP contribution in [0.25, 0.3) is 0 Å². The lowest BCUT2D eigenvalue weighted by Gasteiger charge is -2.17. The number of thiophene rings is 1. The highest BCUT2D eigenvalue weighted by molar-refractivity contribution is 7.91. The smallest absolute Gasteiger partial charge is 0.251 e. The molecule has 0 spiro atoms. The zero-order chi connectivity index (χ0) is 23.2. The second-order valence-corrected chi connectivity index (χ2v) is 12.1. The molecule has 0 radical (unpaired) electrons. The monoisotopic (exact) mass is 479 g/mol. The number of carbonyl (C=O) groups excluding carboxylic acids is 2. The summed E-state index contributed by atoms with van der Waals surface area (Å²) >= 11 is 1.44. The standard InChI is InChI=1S/C21H29N5O4S2/c1-12-16(13(2)26(24-12)14-7-8-32(29,30)11-14)9-25(3)10-18(27)23-21-19(20(22)28)15-5-4-6-17(15)31-21/h14H,4-11H2,1-3H3,(H2,22,28)(H,23,27)/t14-/m0/s1. The van der Waals surface area contributed by atoms with Gasteiger partial charge >= 0.3 is 0 Å². The van der Waals surface area contributed by atoms with Crippen molar-refractivity contribution in [1.82, 2.24) is 14.7 Å². The summed E-state index contributed by atoms with van der Waals surface area (Å²) in [5.41, 5.74) is 9.78. The molecular formula is C21H29N5O4S2. The first-order valence-corrected chi connectivity index (χ1v) is 13.4. The molecule has 3 heterocycles. The fourth-order valence-electron chi connectivity index (χ4n) is 4.74. The molecule has 11 heteroatoms. The van der Waals surface area contributed by atoms with E-state index in [9.17, 15) is 18.0 Å². The SMILES string of the molecule is Cc1nn([C@H]2CCS(=O)(=O)C2)c(C)c1CN(C)CC(=O)Nc1sc2c(c1C(N)=O)CCC2. The van der Waals surface area contributed by atoms with Gasteiger partial charge in [0, 0.05) is 22.7 Å². The largest absolute Gasteiger partial charge is 0.365 e. The molecule has 0 saturated carbocycles. The van der Waals surface area contributed by atoms with E-state index < -0.39 is 15.7 Å². The third-order valence-electron chi connectivity index (χ3n) is 6.29. The number of hydrogen-bond donors (Lipinski definition) is 2. The minimum Gasteiger partial charge on any atom is -0.365 e. The lowest BCUT2D eigenvalue weighted by Crippen LogP contribution is -2.30. The van der Waals surface area contributed by atoms with Crippen LogP contribution >= 0.6 is 11.3 Å². The summed E-state index contributed by atoms with van der Waals surface area (Å²) in [6.45, 7) is 4.50. The Bertz CT molecular complexity index is 1180. The highest BCUT2D eigenvalue weighted by Crippen LogP contribution is 2.38. The topological polar surface area (TPSA) is 127 Å². The molecule has 4 rings (SSSR count). The molecule has 1 fully saturated rings. The number of rotatable bonds is 7. The van der Waals surface area contributed by atoms with E-state index in [0.717, 1.165) is 46.7 Å². The van der Waals surface area contributed by atoms with Crippen molar-refractivity contribution >= 4 is 38.0 Å². The molecule has 1 atom stereocenters.